The highest BCUT2D eigenvalue weighted by atomic mass is 16.2. The minimum atomic E-state index is 0.333. The highest BCUT2D eigenvalue weighted by molar-refractivity contribution is 5.76. The summed E-state index contributed by atoms with van der Waals surface area (Å²) in [6.45, 7) is 6.34. The van der Waals surface area contributed by atoms with Gasteiger partial charge in [0, 0.05) is 19.5 Å². The second-order valence-electron chi connectivity index (χ2n) is 6.19. The van der Waals surface area contributed by atoms with Gasteiger partial charge in [0.2, 0.25) is 5.91 Å². The Hall–Kier alpha value is -1.31. The SMILES string of the molecule is CC(C)c1ccc(CCC(=O)N2CCCCCC2)cc1. The van der Waals surface area contributed by atoms with Crippen LogP contribution in [-0.4, -0.2) is 23.9 Å². The third-order valence-electron chi connectivity index (χ3n) is 4.23. The highest BCUT2D eigenvalue weighted by Crippen LogP contribution is 2.16. The molecule has 1 heterocycles. The van der Waals surface area contributed by atoms with Gasteiger partial charge in [-0.25, -0.2) is 0 Å². The molecule has 0 aliphatic carbocycles. The van der Waals surface area contributed by atoms with Gasteiger partial charge in [0.05, 0.1) is 0 Å². The summed E-state index contributed by atoms with van der Waals surface area (Å²) in [7, 11) is 0. The van der Waals surface area contributed by atoms with Gasteiger partial charge in [0.15, 0.2) is 0 Å². The first-order valence-electron chi connectivity index (χ1n) is 8.03. The van der Waals surface area contributed by atoms with Gasteiger partial charge in [0.1, 0.15) is 0 Å². The van der Waals surface area contributed by atoms with Crippen molar-refractivity contribution in [2.24, 2.45) is 0 Å². The highest BCUT2D eigenvalue weighted by Gasteiger charge is 2.15. The largest absolute Gasteiger partial charge is 0.343 e. The molecule has 20 heavy (non-hydrogen) atoms. The van der Waals surface area contributed by atoms with Crippen LogP contribution in [0.2, 0.25) is 0 Å². The maximum atomic E-state index is 12.2. The Balaban J connectivity index is 1.83. The molecular weight excluding hydrogens is 246 g/mol. The van der Waals surface area contributed by atoms with E-state index in [1.165, 1.54) is 36.8 Å². The average molecular weight is 273 g/mol. The van der Waals surface area contributed by atoms with Crippen molar-refractivity contribution in [3.63, 3.8) is 0 Å². The molecule has 1 saturated heterocycles. The fourth-order valence-electron chi connectivity index (χ4n) is 2.80. The van der Waals surface area contributed by atoms with E-state index in [0.717, 1.165) is 19.5 Å². The fourth-order valence-corrected chi connectivity index (χ4v) is 2.80. The predicted molar refractivity (Wildman–Crippen MR) is 83.9 cm³/mol. The first kappa shape index (κ1) is 15.1. The number of hydrogen-bond acceptors (Lipinski definition) is 1. The molecule has 2 rings (SSSR count). The summed E-state index contributed by atoms with van der Waals surface area (Å²) in [5.41, 5.74) is 2.64. The predicted octanol–water partition coefficient (Wildman–Crippen LogP) is 4.15. The molecule has 0 bridgehead atoms. The van der Waals surface area contributed by atoms with Gasteiger partial charge in [0.25, 0.3) is 0 Å². The van der Waals surface area contributed by atoms with Crippen LogP contribution in [0, 0.1) is 0 Å². The molecule has 0 atom stereocenters. The van der Waals surface area contributed by atoms with Crippen LogP contribution in [0.1, 0.15) is 63.0 Å². The van der Waals surface area contributed by atoms with Crippen molar-refractivity contribution in [1.29, 1.82) is 0 Å². The molecule has 0 aromatic heterocycles. The Morgan fingerprint density at radius 1 is 1.05 bits per heavy atom. The van der Waals surface area contributed by atoms with E-state index in [9.17, 15) is 4.79 Å². The number of carbonyl (C=O) groups excluding carboxylic acids is 1. The standard InChI is InChI=1S/C18H27NO/c1-15(2)17-10-7-16(8-11-17)9-12-18(20)19-13-5-3-4-6-14-19/h7-8,10-11,15H,3-6,9,12-14H2,1-2H3. The van der Waals surface area contributed by atoms with E-state index in [2.05, 4.69) is 43.0 Å². The number of aryl methyl sites for hydroxylation is 1. The lowest BCUT2D eigenvalue weighted by Gasteiger charge is -2.20. The molecule has 110 valence electrons. The van der Waals surface area contributed by atoms with Gasteiger partial charge in [-0.05, 0) is 36.3 Å². The number of nitrogens with zero attached hydrogens (tertiary/aromatic N) is 1. The van der Waals surface area contributed by atoms with Gasteiger partial charge in [-0.3, -0.25) is 4.79 Å². The van der Waals surface area contributed by atoms with E-state index < -0.39 is 0 Å². The van der Waals surface area contributed by atoms with Crippen LogP contribution in [-0.2, 0) is 11.2 Å². The number of hydrogen-bond donors (Lipinski definition) is 0. The lowest BCUT2D eigenvalue weighted by atomic mass is 10.0. The second kappa shape index (κ2) is 7.47. The van der Waals surface area contributed by atoms with E-state index in [4.69, 9.17) is 0 Å². The van der Waals surface area contributed by atoms with E-state index in [1.807, 2.05) is 0 Å². The molecule has 1 aromatic rings. The molecule has 0 unspecified atom stereocenters. The second-order valence-corrected chi connectivity index (χ2v) is 6.19. The molecule has 0 spiro atoms. The van der Waals surface area contributed by atoms with E-state index in [0.29, 0.717) is 18.2 Å². The van der Waals surface area contributed by atoms with Crippen molar-refractivity contribution in [3.05, 3.63) is 35.4 Å². The summed E-state index contributed by atoms with van der Waals surface area (Å²) in [6.07, 6.45) is 6.43. The van der Waals surface area contributed by atoms with Crippen LogP contribution in [0.15, 0.2) is 24.3 Å². The molecule has 2 nitrogen and oxygen atoms in total. The maximum absolute atomic E-state index is 12.2. The quantitative estimate of drug-likeness (QED) is 0.807. The van der Waals surface area contributed by atoms with Crippen molar-refractivity contribution >= 4 is 5.91 Å². The molecule has 2 heteroatoms. The van der Waals surface area contributed by atoms with Crippen LogP contribution < -0.4 is 0 Å². The molecule has 1 aromatic carbocycles. The van der Waals surface area contributed by atoms with Crippen molar-refractivity contribution < 1.29 is 4.79 Å². The zero-order chi connectivity index (χ0) is 14.4. The summed E-state index contributed by atoms with van der Waals surface area (Å²) in [5, 5.41) is 0. The Bertz CT molecular complexity index is 414. The van der Waals surface area contributed by atoms with E-state index in [1.54, 1.807) is 0 Å². The average Bonchev–Trinajstić information content (AvgIpc) is 2.74. The van der Waals surface area contributed by atoms with Gasteiger partial charge in [-0.1, -0.05) is 51.0 Å². The van der Waals surface area contributed by atoms with Crippen molar-refractivity contribution in [3.8, 4) is 0 Å². The minimum absolute atomic E-state index is 0.333. The fraction of sp³-hybridized carbons (Fsp3) is 0.611. The Morgan fingerprint density at radius 2 is 1.65 bits per heavy atom. The maximum Gasteiger partial charge on any atom is 0.222 e. The zero-order valence-electron chi connectivity index (χ0n) is 12.9. The minimum Gasteiger partial charge on any atom is -0.343 e. The van der Waals surface area contributed by atoms with Gasteiger partial charge in [-0.15, -0.1) is 0 Å². The molecule has 1 aliphatic heterocycles. The third-order valence-corrected chi connectivity index (χ3v) is 4.23. The van der Waals surface area contributed by atoms with Crippen LogP contribution in [0.3, 0.4) is 0 Å². The molecule has 0 saturated carbocycles. The summed E-state index contributed by atoms with van der Waals surface area (Å²) in [4.78, 5) is 14.3. The van der Waals surface area contributed by atoms with Gasteiger partial charge in [-0.2, -0.15) is 0 Å². The van der Waals surface area contributed by atoms with Crippen LogP contribution in [0.5, 0.6) is 0 Å². The van der Waals surface area contributed by atoms with E-state index in [-0.39, 0.29) is 0 Å². The number of amides is 1. The number of benzene rings is 1. The van der Waals surface area contributed by atoms with Crippen molar-refractivity contribution in [2.45, 2.75) is 58.3 Å². The van der Waals surface area contributed by atoms with Crippen LogP contribution in [0.25, 0.3) is 0 Å². The monoisotopic (exact) mass is 273 g/mol. The molecule has 0 radical (unpaired) electrons. The van der Waals surface area contributed by atoms with Crippen molar-refractivity contribution in [2.75, 3.05) is 13.1 Å². The summed E-state index contributed by atoms with van der Waals surface area (Å²) < 4.78 is 0. The molecule has 1 aliphatic rings. The number of carbonyl (C=O) groups is 1. The lowest BCUT2D eigenvalue weighted by Crippen LogP contribution is -2.31. The Labute approximate surface area is 123 Å². The summed E-state index contributed by atoms with van der Waals surface area (Å²) >= 11 is 0. The van der Waals surface area contributed by atoms with Gasteiger partial charge >= 0.3 is 0 Å². The molecular formula is C18H27NO. The molecule has 1 fully saturated rings. The lowest BCUT2D eigenvalue weighted by molar-refractivity contribution is -0.131. The third kappa shape index (κ3) is 4.36. The zero-order valence-corrected chi connectivity index (χ0v) is 12.9. The number of likely N-dealkylation sites (tertiary alicyclic amines) is 1. The molecule has 1 amide bonds. The summed E-state index contributed by atoms with van der Waals surface area (Å²) in [5.74, 6) is 0.905. The van der Waals surface area contributed by atoms with Crippen LogP contribution in [0.4, 0.5) is 0 Å². The van der Waals surface area contributed by atoms with E-state index >= 15 is 0 Å². The number of rotatable bonds is 4. The Kier molecular flexibility index (Phi) is 5.63. The first-order valence-corrected chi connectivity index (χ1v) is 8.03. The smallest absolute Gasteiger partial charge is 0.222 e. The Morgan fingerprint density at radius 3 is 2.20 bits per heavy atom. The van der Waals surface area contributed by atoms with Gasteiger partial charge < -0.3 is 4.90 Å². The van der Waals surface area contributed by atoms with Crippen LogP contribution >= 0.6 is 0 Å². The normalized spacial score (nSPS) is 16.2. The topological polar surface area (TPSA) is 20.3 Å². The first-order chi connectivity index (χ1) is 9.66. The molecule has 0 N–H and O–H groups in total. The van der Waals surface area contributed by atoms with Crippen molar-refractivity contribution in [1.82, 2.24) is 4.90 Å². The summed E-state index contributed by atoms with van der Waals surface area (Å²) in [6, 6.07) is 8.73.